The SMILES string of the molecule is Cc1cc(/C(O)=C2/C(=O)C(=O)N(c3ccc(C#N)cc3)C2c2ccccn2)ccc1OC(C)C. The second-order valence-corrected chi connectivity index (χ2v) is 8.23. The molecular formula is C27H23N3O4. The first kappa shape index (κ1) is 22.7. The van der Waals surface area contributed by atoms with E-state index in [-0.39, 0.29) is 17.4 Å². The van der Waals surface area contributed by atoms with Crippen molar-refractivity contribution >= 4 is 23.1 Å². The number of ketones is 1. The lowest BCUT2D eigenvalue weighted by Crippen LogP contribution is -2.29. The Bertz CT molecular complexity index is 1320. The van der Waals surface area contributed by atoms with E-state index in [0.717, 1.165) is 5.56 Å². The van der Waals surface area contributed by atoms with Gasteiger partial charge in [-0.05, 0) is 80.9 Å². The highest BCUT2D eigenvalue weighted by molar-refractivity contribution is 6.51. The van der Waals surface area contributed by atoms with E-state index in [1.54, 1.807) is 66.9 Å². The molecule has 1 saturated heterocycles. The van der Waals surface area contributed by atoms with Gasteiger partial charge in [-0.15, -0.1) is 0 Å². The van der Waals surface area contributed by atoms with Gasteiger partial charge in [-0.3, -0.25) is 19.5 Å². The number of ether oxygens (including phenoxy) is 1. The molecule has 1 aromatic heterocycles. The number of rotatable bonds is 5. The van der Waals surface area contributed by atoms with Crippen LogP contribution in [0, 0.1) is 18.3 Å². The van der Waals surface area contributed by atoms with E-state index in [2.05, 4.69) is 4.98 Å². The fourth-order valence-electron chi connectivity index (χ4n) is 3.95. The molecule has 2 heterocycles. The Kier molecular flexibility index (Phi) is 6.15. The maximum Gasteiger partial charge on any atom is 0.300 e. The molecule has 1 unspecified atom stereocenters. The first-order valence-electron chi connectivity index (χ1n) is 10.8. The van der Waals surface area contributed by atoms with Gasteiger partial charge in [0.05, 0.1) is 29.0 Å². The van der Waals surface area contributed by atoms with Crippen LogP contribution in [0.4, 0.5) is 5.69 Å². The molecule has 1 aliphatic heterocycles. The number of benzene rings is 2. The lowest BCUT2D eigenvalue weighted by molar-refractivity contribution is -0.132. The molecule has 170 valence electrons. The van der Waals surface area contributed by atoms with Gasteiger partial charge in [-0.25, -0.2) is 0 Å². The van der Waals surface area contributed by atoms with Gasteiger partial charge in [0, 0.05) is 17.4 Å². The van der Waals surface area contributed by atoms with Gasteiger partial charge < -0.3 is 9.84 Å². The van der Waals surface area contributed by atoms with Crippen molar-refractivity contribution in [1.82, 2.24) is 4.98 Å². The molecule has 1 atom stereocenters. The molecule has 1 aliphatic rings. The van der Waals surface area contributed by atoms with Crippen molar-refractivity contribution in [3.05, 3.63) is 94.8 Å². The topological polar surface area (TPSA) is 104 Å². The minimum absolute atomic E-state index is 0.0138. The van der Waals surface area contributed by atoms with Gasteiger partial charge in [0.25, 0.3) is 11.7 Å². The summed E-state index contributed by atoms with van der Waals surface area (Å²) < 4.78 is 5.77. The van der Waals surface area contributed by atoms with Gasteiger partial charge >= 0.3 is 0 Å². The van der Waals surface area contributed by atoms with E-state index >= 15 is 0 Å². The minimum Gasteiger partial charge on any atom is -0.507 e. The molecule has 2 aromatic carbocycles. The van der Waals surface area contributed by atoms with Crippen molar-refractivity contribution in [3.63, 3.8) is 0 Å². The number of aliphatic hydroxyl groups is 1. The summed E-state index contributed by atoms with van der Waals surface area (Å²) in [5.41, 5.74) is 2.41. The average Bonchev–Trinajstić information content (AvgIpc) is 3.10. The van der Waals surface area contributed by atoms with Crippen LogP contribution in [0.5, 0.6) is 5.75 Å². The van der Waals surface area contributed by atoms with E-state index in [9.17, 15) is 14.7 Å². The highest BCUT2D eigenvalue weighted by atomic mass is 16.5. The number of carbonyl (C=O) groups excluding carboxylic acids is 2. The molecule has 1 fully saturated rings. The van der Waals surface area contributed by atoms with Gasteiger partial charge in [-0.2, -0.15) is 5.26 Å². The number of aryl methyl sites for hydroxylation is 1. The molecule has 4 rings (SSSR count). The Hall–Kier alpha value is -4.44. The first-order valence-corrected chi connectivity index (χ1v) is 10.8. The number of nitriles is 1. The maximum atomic E-state index is 13.2. The Labute approximate surface area is 197 Å². The molecule has 1 amide bonds. The molecule has 1 N–H and O–H groups in total. The zero-order valence-electron chi connectivity index (χ0n) is 19.0. The molecule has 7 heteroatoms. The lowest BCUT2D eigenvalue weighted by Gasteiger charge is -2.24. The van der Waals surface area contributed by atoms with Crippen molar-refractivity contribution in [2.45, 2.75) is 32.9 Å². The number of nitrogens with zero attached hydrogens (tertiary/aromatic N) is 3. The summed E-state index contributed by atoms with van der Waals surface area (Å²) in [5, 5.41) is 20.4. The lowest BCUT2D eigenvalue weighted by atomic mass is 9.97. The summed E-state index contributed by atoms with van der Waals surface area (Å²) in [5.74, 6) is -1.20. The first-order chi connectivity index (χ1) is 16.3. The Morgan fingerprint density at radius 1 is 1.12 bits per heavy atom. The van der Waals surface area contributed by atoms with Crippen LogP contribution in [0.2, 0.25) is 0 Å². The number of hydrogen-bond donors (Lipinski definition) is 1. The molecule has 0 saturated carbocycles. The fraction of sp³-hybridized carbons (Fsp3) is 0.185. The van der Waals surface area contributed by atoms with E-state index in [4.69, 9.17) is 10.00 Å². The minimum atomic E-state index is -0.930. The number of Topliss-reactive ketones (excluding diaryl/α,β-unsaturated/α-hetero) is 1. The summed E-state index contributed by atoms with van der Waals surface area (Å²) >= 11 is 0. The van der Waals surface area contributed by atoms with Crippen LogP contribution in [0.25, 0.3) is 5.76 Å². The van der Waals surface area contributed by atoms with Gasteiger partial charge in [-0.1, -0.05) is 6.07 Å². The van der Waals surface area contributed by atoms with Crippen LogP contribution >= 0.6 is 0 Å². The van der Waals surface area contributed by atoms with Crippen molar-refractivity contribution in [2.75, 3.05) is 4.90 Å². The highest BCUT2D eigenvalue weighted by Crippen LogP contribution is 2.41. The molecule has 34 heavy (non-hydrogen) atoms. The standard InChI is InChI=1S/C27H23N3O4/c1-16(2)34-22-12-9-19(14-17(22)3)25(31)23-24(21-6-4-5-13-29-21)30(27(33)26(23)32)20-10-7-18(15-28)8-11-20/h4-14,16,24,31H,1-3H3/b25-23-. The predicted molar refractivity (Wildman–Crippen MR) is 127 cm³/mol. The average molecular weight is 453 g/mol. The second kappa shape index (κ2) is 9.20. The zero-order chi connectivity index (χ0) is 24.4. The third-order valence-electron chi connectivity index (χ3n) is 5.50. The quantitative estimate of drug-likeness (QED) is 0.342. The normalized spacial score (nSPS) is 17.1. The van der Waals surface area contributed by atoms with Crippen LogP contribution in [-0.2, 0) is 9.59 Å². The third kappa shape index (κ3) is 4.14. The van der Waals surface area contributed by atoms with Crippen molar-refractivity contribution in [1.29, 1.82) is 5.26 Å². The summed E-state index contributed by atoms with van der Waals surface area (Å²) in [6, 6.07) is 17.7. The number of anilines is 1. The van der Waals surface area contributed by atoms with E-state index < -0.39 is 17.7 Å². The monoisotopic (exact) mass is 453 g/mol. The number of amides is 1. The number of aromatic nitrogens is 1. The van der Waals surface area contributed by atoms with E-state index in [1.165, 1.54) is 4.90 Å². The molecule has 0 radical (unpaired) electrons. The summed E-state index contributed by atoms with van der Waals surface area (Å²) in [4.78, 5) is 32.0. The Morgan fingerprint density at radius 3 is 2.44 bits per heavy atom. The summed E-state index contributed by atoms with van der Waals surface area (Å²) in [7, 11) is 0. The maximum absolute atomic E-state index is 13.2. The van der Waals surface area contributed by atoms with Crippen LogP contribution in [0.1, 0.15) is 42.3 Å². The molecule has 0 spiro atoms. The van der Waals surface area contributed by atoms with Crippen molar-refractivity contribution in [2.24, 2.45) is 0 Å². The van der Waals surface area contributed by atoms with Crippen LogP contribution < -0.4 is 9.64 Å². The van der Waals surface area contributed by atoms with Crippen LogP contribution in [-0.4, -0.2) is 27.9 Å². The predicted octanol–water partition coefficient (Wildman–Crippen LogP) is 4.68. The molecule has 0 bridgehead atoms. The Balaban J connectivity index is 1.87. The smallest absolute Gasteiger partial charge is 0.300 e. The fourth-order valence-corrected chi connectivity index (χ4v) is 3.95. The van der Waals surface area contributed by atoms with Crippen LogP contribution in [0.3, 0.4) is 0 Å². The van der Waals surface area contributed by atoms with Gasteiger partial charge in [0.2, 0.25) is 0 Å². The number of carbonyl (C=O) groups is 2. The Morgan fingerprint density at radius 2 is 1.85 bits per heavy atom. The largest absolute Gasteiger partial charge is 0.507 e. The van der Waals surface area contributed by atoms with Crippen molar-refractivity contribution < 1.29 is 19.4 Å². The van der Waals surface area contributed by atoms with E-state index in [1.807, 2.05) is 26.8 Å². The van der Waals surface area contributed by atoms with Crippen LogP contribution in [0.15, 0.2) is 72.4 Å². The van der Waals surface area contributed by atoms with Gasteiger partial charge in [0.15, 0.2) is 0 Å². The molecular weight excluding hydrogens is 430 g/mol. The third-order valence-corrected chi connectivity index (χ3v) is 5.50. The molecule has 3 aromatic rings. The second-order valence-electron chi connectivity index (χ2n) is 8.23. The number of aliphatic hydroxyl groups excluding tert-OH is 1. The van der Waals surface area contributed by atoms with Crippen molar-refractivity contribution in [3.8, 4) is 11.8 Å². The summed E-state index contributed by atoms with van der Waals surface area (Å²) in [6.45, 7) is 5.69. The summed E-state index contributed by atoms with van der Waals surface area (Å²) in [6.07, 6.45) is 1.55. The molecule has 7 nitrogen and oxygen atoms in total. The number of hydrogen-bond acceptors (Lipinski definition) is 6. The number of pyridine rings is 1. The van der Waals surface area contributed by atoms with Gasteiger partial charge in [0.1, 0.15) is 17.6 Å². The molecule has 0 aliphatic carbocycles. The zero-order valence-corrected chi connectivity index (χ0v) is 19.0. The highest BCUT2D eigenvalue weighted by Gasteiger charge is 2.47. The van der Waals surface area contributed by atoms with E-state index in [0.29, 0.717) is 28.3 Å².